The van der Waals surface area contributed by atoms with Crippen molar-refractivity contribution in [2.24, 2.45) is 0 Å². The van der Waals surface area contributed by atoms with Crippen molar-refractivity contribution in [3.8, 4) is 0 Å². The van der Waals surface area contributed by atoms with E-state index in [1.807, 2.05) is 36.4 Å². The van der Waals surface area contributed by atoms with E-state index in [0.717, 1.165) is 24.1 Å². The second kappa shape index (κ2) is 6.37. The number of rotatable bonds is 6. The van der Waals surface area contributed by atoms with Crippen LogP contribution in [-0.4, -0.2) is 18.4 Å². The molecule has 6 heteroatoms. The maximum Gasteiger partial charge on any atom is 0.234 e. The number of sulfonamides is 1. The van der Waals surface area contributed by atoms with Gasteiger partial charge in [0.25, 0.3) is 0 Å². The summed E-state index contributed by atoms with van der Waals surface area (Å²) >= 11 is 0. The molecule has 1 saturated carbocycles. The van der Waals surface area contributed by atoms with Crippen LogP contribution in [0.1, 0.15) is 35.7 Å². The molecule has 1 N–H and O–H groups in total. The molecule has 1 aromatic carbocycles. The molecule has 1 aliphatic rings. The Bertz CT molecular complexity index is 769. The van der Waals surface area contributed by atoms with Crippen molar-refractivity contribution in [1.29, 1.82) is 0 Å². The molecule has 0 saturated heterocycles. The molecule has 1 heterocycles. The first-order valence-corrected chi connectivity index (χ1v) is 8.71. The molecule has 22 heavy (non-hydrogen) atoms. The van der Waals surface area contributed by atoms with E-state index in [0.29, 0.717) is 11.6 Å². The second-order valence-electron chi connectivity index (χ2n) is 5.29. The van der Waals surface area contributed by atoms with Crippen LogP contribution in [0.4, 0.5) is 0 Å². The topological polar surface area (TPSA) is 72.0 Å². The van der Waals surface area contributed by atoms with Crippen molar-refractivity contribution in [3.05, 3.63) is 65.1 Å². The van der Waals surface area contributed by atoms with Gasteiger partial charge >= 0.3 is 0 Å². The van der Waals surface area contributed by atoms with Crippen molar-refractivity contribution in [2.45, 2.75) is 25.3 Å². The summed E-state index contributed by atoms with van der Waals surface area (Å²) < 4.78 is 26.5. The zero-order chi connectivity index (χ0) is 15.4. The van der Waals surface area contributed by atoms with Gasteiger partial charge in [-0.25, -0.2) is 23.1 Å². The minimum atomic E-state index is -3.49. The molecule has 0 aliphatic heterocycles. The Morgan fingerprint density at radius 1 is 1.18 bits per heavy atom. The van der Waals surface area contributed by atoms with Gasteiger partial charge in [0.2, 0.25) is 10.0 Å². The summed E-state index contributed by atoms with van der Waals surface area (Å²) in [5.74, 6) is 0.524. The van der Waals surface area contributed by atoms with Gasteiger partial charge in [0.1, 0.15) is 6.33 Å². The zero-order valence-electron chi connectivity index (χ0n) is 12.0. The van der Waals surface area contributed by atoms with Crippen molar-refractivity contribution in [2.75, 3.05) is 0 Å². The Balaban J connectivity index is 1.62. The van der Waals surface area contributed by atoms with Gasteiger partial charge in [-0.2, -0.15) is 0 Å². The van der Waals surface area contributed by atoms with Crippen LogP contribution >= 0.6 is 0 Å². The number of hydrogen-bond acceptors (Lipinski definition) is 4. The van der Waals surface area contributed by atoms with Gasteiger partial charge in [-0.3, -0.25) is 0 Å². The molecule has 5 nitrogen and oxygen atoms in total. The summed E-state index contributed by atoms with van der Waals surface area (Å²) in [6.45, 7) is 0.170. The molecule has 0 spiro atoms. The molecule has 1 aliphatic carbocycles. The Morgan fingerprint density at radius 3 is 2.68 bits per heavy atom. The smallest absolute Gasteiger partial charge is 0.234 e. The van der Waals surface area contributed by atoms with Crippen LogP contribution < -0.4 is 4.72 Å². The lowest BCUT2D eigenvalue weighted by molar-refractivity contribution is 0.589. The Kier molecular flexibility index (Phi) is 4.31. The summed E-state index contributed by atoms with van der Waals surface area (Å²) in [5, 5.41) is 1.17. The van der Waals surface area contributed by atoms with Crippen LogP contribution in [0.2, 0.25) is 0 Å². The molecular weight excluding hydrogens is 298 g/mol. The quantitative estimate of drug-likeness (QED) is 0.888. The lowest BCUT2D eigenvalue weighted by atomic mass is 10.2. The Morgan fingerprint density at radius 2 is 1.95 bits per heavy atom. The third-order valence-corrected chi connectivity index (χ3v) is 4.48. The van der Waals surface area contributed by atoms with Crippen LogP contribution in [-0.2, 0) is 16.6 Å². The molecule has 0 amide bonds. The number of nitrogens with zero attached hydrogens (tertiary/aromatic N) is 2. The van der Waals surface area contributed by atoms with Gasteiger partial charge in [0.15, 0.2) is 0 Å². The molecule has 114 valence electrons. The number of aromatic nitrogens is 2. The lowest BCUT2D eigenvalue weighted by Gasteiger charge is -2.04. The molecule has 1 fully saturated rings. The highest BCUT2D eigenvalue weighted by atomic mass is 32.2. The first-order valence-electron chi connectivity index (χ1n) is 7.16. The van der Waals surface area contributed by atoms with Gasteiger partial charge in [-0.1, -0.05) is 30.3 Å². The van der Waals surface area contributed by atoms with Crippen LogP contribution in [0.15, 0.2) is 48.1 Å². The molecule has 0 radical (unpaired) electrons. The van der Waals surface area contributed by atoms with Crippen molar-refractivity contribution < 1.29 is 8.42 Å². The van der Waals surface area contributed by atoms with E-state index < -0.39 is 10.0 Å². The van der Waals surface area contributed by atoms with Gasteiger partial charge in [0, 0.05) is 17.0 Å². The number of nitrogens with one attached hydrogen (secondary N) is 1. The average Bonchev–Trinajstić information content (AvgIpc) is 3.38. The molecule has 0 atom stereocenters. The van der Waals surface area contributed by atoms with Gasteiger partial charge in [-0.05, 0) is 30.5 Å². The first-order chi connectivity index (χ1) is 10.6. The maximum absolute atomic E-state index is 12.0. The van der Waals surface area contributed by atoms with Gasteiger partial charge < -0.3 is 0 Å². The minimum absolute atomic E-state index is 0.170. The summed E-state index contributed by atoms with van der Waals surface area (Å²) in [6.07, 6.45) is 5.37. The Labute approximate surface area is 130 Å². The highest BCUT2D eigenvalue weighted by Crippen LogP contribution is 2.38. The van der Waals surface area contributed by atoms with E-state index in [1.54, 1.807) is 6.08 Å². The first kappa shape index (κ1) is 14.9. The van der Waals surface area contributed by atoms with Crippen LogP contribution in [0.25, 0.3) is 6.08 Å². The maximum atomic E-state index is 12.0. The monoisotopic (exact) mass is 315 g/mol. The van der Waals surface area contributed by atoms with Crippen molar-refractivity contribution >= 4 is 16.1 Å². The highest BCUT2D eigenvalue weighted by Gasteiger charge is 2.25. The molecule has 0 unspecified atom stereocenters. The standard InChI is InChI=1S/C16H17N3O2S/c20-22(21,9-8-13-4-2-1-3-5-13)19-11-15-10-16(14-6-7-14)18-12-17-15/h1-5,8-10,12,14,19H,6-7,11H2/b9-8+. The van der Waals surface area contributed by atoms with E-state index in [9.17, 15) is 8.42 Å². The fourth-order valence-electron chi connectivity index (χ4n) is 2.07. The van der Waals surface area contributed by atoms with Crippen LogP contribution in [0, 0.1) is 0 Å². The average molecular weight is 315 g/mol. The zero-order valence-corrected chi connectivity index (χ0v) is 12.8. The highest BCUT2D eigenvalue weighted by molar-refractivity contribution is 7.92. The summed E-state index contributed by atoms with van der Waals surface area (Å²) in [7, 11) is -3.49. The largest absolute Gasteiger partial charge is 0.241 e. The summed E-state index contributed by atoms with van der Waals surface area (Å²) in [4.78, 5) is 8.33. The Hall–Kier alpha value is -2.05. The van der Waals surface area contributed by atoms with Gasteiger partial charge in [0.05, 0.1) is 12.2 Å². The fraction of sp³-hybridized carbons (Fsp3) is 0.250. The molecular formula is C16H17N3O2S. The number of hydrogen-bond donors (Lipinski definition) is 1. The van der Waals surface area contributed by atoms with E-state index in [1.165, 1.54) is 11.7 Å². The normalized spacial score (nSPS) is 15.3. The fourth-order valence-corrected chi connectivity index (χ4v) is 2.85. The minimum Gasteiger partial charge on any atom is -0.241 e. The molecule has 0 bridgehead atoms. The second-order valence-corrected chi connectivity index (χ2v) is 6.94. The number of benzene rings is 1. The van der Waals surface area contributed by atoms with E-state index in [4.69, 9.17) is 0 Å². The molecule has 3 rings (SSSR count). The third kappa shape index (κ3) is 4.22. The van der Waals surface area contributed by atoms with Crippen LogP contribution in [0.3, 0.4) is 0 Å². The predicted molar refractivity (Wildman–Crippen MR) is 85.2 cm³/mol. The summed E-state index contributed by atoms with van der Waals surface area (Å²) in [6, 6.07) is 11.2. The van der Waals surface area contributed by atoms with Crippen LogP contribution in [0.5, 0.6) is 0 Å². The predicted octanol–water partition coefficient (Wildman–Crippen LogP) is 2.44. The van der Waals surface area contributed by atoms with E-state index in [2.05, 4.69) is 14.7 Å². The molecule has 1 aromatic heterocycles. The van der Waals surface area contributed by atoms with Gasteiger partial charge in [-0.15, -0.1) is 0 Å². The third-order valence-electron chi connectivity index (χ3n) is 3.43. The van der Waals surface area contributed by atoms with Crippen molar-refractivity contribution in [1.82, 2.24) is 14.7 Å². The SMILES string of the molecule is O=S(=O)(/C=C/c1ccccc1)NCc1cc(C2CC2)ncn1. The summed E-state index contributed by atoms with van der Waals surface area (Å²) in [5.41, 5.74) is 2.53. The molecule has 2 aromatic rings. The lowest BCUT2D eigenvalue weighted by Crippen LogP contribution is -2.21. The van der Waals surface area contributed by atoms with E-state index in [-0.39, 0.29) is 6.54 Å². The van der Waals surface area contributed by atoms with Crippen molar-refractivity contribution in [3.63, 3.8) is 0 Å². The van der Waals surface area contributed by atoms with E-state index >= 15 is 0 Å².